The zero-order valence-corrected chi connectivity index (χ0v) is 8.04. The number of nitrogens with zero attached hydrogens (tertiary/aromatic N) is 1. The van der Waals surface area contributed by atoms with Gasteiger partial charge in [-0.15, -0.1) is 12.4 Å². The van der Waals surface area contributed by atoms with Crippen LogP contribution in [-0.4, -0.2) is 10.5 Å². The molecule has 0 unspecified atom stereocenters. The molecule has 13 heavy (non-hydrogen) atoms. The average molecular weight is 196 g/mol. The molecule has 1 aromatic carbocycles. The molecule has 0 aliphatic heterocycles. The third-order valence-corrected chi connectivity index (χ3v) is 1.94. The third-order valence-electron chi connectivity index (χ3n) is 1.94. The molecule has 0 N–H and O–H groups in total. The molecule has 0 atom stereocenters. The van der Waals surface area contributed by atoms with Crippen molar-refractivity contribution in [2.45, 2.75) is 6.92 Å². The van der Waals surface area contributed by atoms with Crippen molar-refractivity contribution in [2.24, 2.45) is 0 Å². The molecule has 2 rings (SSSR count). The van der Waals surface area contributed by atoms with Gasteiger partial charge in [0.25, 0.3) is 0 Å². The van der Waals surface area contributed by atoms with E-state index in [-0.39, 0.29) is 18.3 Å². The number of aromatic nitrogens is 1. The van der Waals surface area contributed by atoms with Crippen LogP contribution in [0.25, 0.3) is 10.9 Å². The number of carbonyl (C=O) groups excluding carboxylic acids is 1. The standard InChI is InChI=1S/C10H9NO.ClH/c1-8(12)11-7-6-9-4-2-3-5-10(9)11;/h2-7H,1H3;1H. The number of para-hydroxylation sites is 1. The number of halogens is 1. The number of hydrogen-bond donors (Lipinski definition) is 0. The van der Waals surface area contributed by atoms with E-state index in [1.807, 2.05) is 30.3 Å². The molecule has 0 spiro atoms. The van der Waals surface area contributed by atoms with Crippen molar-refractivity contribution in [1.82, 2.24) is 4.57 Å². The van der Waals surface area contributed by atoms with Gasteiger partial charge in [0.05, 0.1) is 5.52 Å². The van der Waals surface area contributed by atoms with Gasteiger partial charge in [0.15, 0.2) is 0 Å². The first-order valence-electron chi connectivity index (χ1n) is 3.86. The molecule has 2 aromatic rings. The van der Waals surface area contributed by atoms with E-state index in [0.717, 1.165) is 10.9 Å². The number of fused-ring (bicyclic) bond motifs is 1. The lowest BCUT2D eigenvalue weighted by molar-refractivity contribution is 0.0941. The van der Waals surface area contributed by atoms with E-state index in [1.54, 1.807) is 17.7 Å². The van der Waals surface area contributed by atoms with Crippen molar-refractivity contribution in [1.29, 1.82) is 0 Å². The topological polar surface area (TPSA) is 22.0 Å². The summed E-state index contributed by atoms with van der Waals surface area (Å²) in [5.74, 6) is 0.0520. The fraction of sp³-hybridized carbons (Fsp3) is 0.100. The van der Waals surface area contributed by atoms with Crippen LogP contribution in [0, 0.1) is 0 Å². The van der Waals surface area contributed by atoms with E-state index < -0.39 is 0 Å². The van der Waals surface area contributed by atoms with E-state index in [4.69, 9.17) is 0 Å². The molecule has 0 aliphatic carbocycles. The molecule has 2 nitrogen and oxygen atoms in total. The van der Waals surface area contributed by atoms with Gasteiger partial charge >= 0.3 is 0 Å². The Bertz CT molecular complexity index is 433. The van der Waals surface area contributed by atoms with Crippen LogP contribution in [0.5, 0.6) is 0 Å². The van der Waals surface area contributed by atoms with E-state index in [0.29, 0.717) is 0 Å². The minimum atomic E-state index is 0. The zero-order chi connectivity index (χ0) is 8.55. The van der Waals surface area contributed by atoms with Crippen molar-refractivity contribution >= 4 is 29.2 Å². The van der Waals surface area contributed by atoms with E-state index in [1.165, 1.54) is 0 Å². The third kappa shape index (κ3) is 1.58. The van der Waals surface area contributed by atoms with Gasteiger partial charge in [-0.25, -0.2) is 0 Å². The Morgan fingerprint density at radius 2 is 1.92 bits per heavy atom. The molecule has 0 aliphatic rings. The fourth-order valence-electron chi connectivity index (χ4n) is 1.36. The van der Waals surface area contributed by atoms with Crippen LogP contribution in [0.15, 0.2) is 36.5 Å². The summed E-state index contributed by atoms with van der Waals surface area (Å²) >= 11 is 0. The number of carbonyl (C=O) groups is 1. The van der Waals surface area contributed by atoms with Gasteiger partial charge in [-0.2, -0.15) is 0 Å². The zero-order valence-electron chi connectivity index (χ0n) is 7.23. The smallest absolute Gasteiger partial charge is 0.227 e. The van der Waals surface area contributed by atoms with Crippen molar-refractivity contribution in [3.63, 3.8) is 0 Å². The lowest BCUT2D eigenvalue weighted by atomic mass is 10.2. The first kappa shape index (κ1) is 9.81. The van der Waals surface area contributed by atoms with Crippen molar-refractivity contribution in [2.75, 3.05) is 0 Å². The molecule has 3 heteroatoms. The van der Waals surface area contributed by atoms with Crippen molar-refractivity contribution in [3.05, 3.63) is 36.5 Å². The Morgan fingerprint density at radius 1 is 1.23 bits per heavy atom. The molecule has 0 bridgehead atoms. The van der Waals surface area contributed by atoms with Crippen LogP contribution >= 0.6 is 12.4 Å². The van der Waals surface area contributed by atoms with Crippen LogP contribution in [0.3, 0.4) is 0 Å². The Balaban J connectivity index is 0.000000845. The lowest BCUT2D eigenvalue weighted by Gasteiger charge is -1.97. The van der Waals surface area contributed by atoms with Crippen LogP contribution in [0.2, 0.25) is 0 Å². The molecule has 0 radical (unpaired) electrons. The number of benzene rings is 1. The van der Waals surface area contributed by atoms with E-state index in [9.17, 15) is 4.79 Å². The monoisotopic (exact) mass is 195 g/mol. The SMILES string of the molecule is CC(=O)n1ccc2ccccc21.Cl. The highest BCUT2D eigenvalue weighted by Gasteiger charge is 2.01. The maximum absolute atomic E-state index is 11.1. The molecule has 68 valence electrons. The molecular formula is C10H10ClNO. The predicted molar refractivity (Wildman–Crippen MR) is 55.5 cm³/mol. The van der Waals surface area contributed by atoms with Crippen molar-refractivity contribution in [3.8, 4) is 0 Å². The molecule has 0 saturated heterocycles. The van der Waals surface area contributed by atoms with Crippen LogP contribution in [0.1, 0.15) is 11.7 Å². The largest absolute Gasteiger partial charge is 0.287 e. The Kier molecular flexibility index (Phi) is 2.73. The van der Waals surface area contributed by atoms with Crippen LogP contribution in [0.4, 0.5) is 0 Å². The highest BCUT2D eigenvalue weighted by Crippen LogP contribution is 2.14. The summed E-state index contributed by atoms with van der Waals surface area (Å²) in [7, 11) is 0. The summed E-state index contributed by atoms with van der Waals surface area (Å²) in [6.07, 6.45) is 1.80. The van der Waals surface area contributed by atoms with Gasteiger partial charge in [0.2, 0.25) is 5.91 Å². The normalized spacial score (nSPS) is 9.62. The summed E-state index contributed by atoms with van der Waals surface area (Å²) in [5, 5.41) is 1.10. The fourth-order valence-corrected chi connectivity index (χ4v) is 1.36. The quantitative estimate of drug-likeness (QED) is 0.634. The first-order chi connectivity index (χ1) is 5.79. The molecule has 0 fully saturated rings. The number of hydrogen-bond acceptors (Lipinski definition) is 1. The molecule has 1 heterocycles. The second-order valence-corrected chi connectivity index (χ2v) is 2.76. The van der Waals surface area contributed by atoms with Gasteiger partial charge in [0.1, 0.15) is 0 Å². The molecular weight excluding hydrogens is 186 g/mol. The highest BCUT2D eigenvalue weighted by atomic mass is 35.5. The second-order valence-electron chi connectivity index (χ2n) is 2.76. The summed E-state index contributed by atoms with van der Waals surface area (Å²) in [4.78, 5) is 11.1. The molecule has 1 aromatic heterocycles. The first-order valence-corrected chi connectivity index (χ1v) is 3.86. The van der Waals surface area contributed by atoms with Crippen molar-refractivity contribution < 1.29 is 4.79 Å². The minimum absolute atomic E-state index is 0. The van der Waals surface area contributed by atoms with Gasteiger partial charge < -0.3 is 0 Å². The summed E-state index contributed by atoms with van der Waals surface area (Å²) in [5.41, 5.74) is 0.977. The average Bonchev–Trinajstić information content (AvgIpc) is 2.47. The summed E-state index contributed by atoms with van der Waals surface area (Å²) in [6.45, 7) is 1.56. The van der Waals surface area contributed by atoms with E-state index >= 15 is 0 Å². The van der Waals surface area contributed by atoms with Crippen LogP contribution in [-0.2, 0) is 0 Å². The van der Waals surface area contributed by atoms with Crippen LogP contribution < -0.4 is 0 Å². The Hall–Kier alpha value is -1.28. The molecule has 0 amide bonds. The number of rotatable bonds is 0. The maximum atomic E-state index is 11.1. The van der Waals surface area contributed by atoms with Gasteiger partial charge in [-0.1, -0.05) is 18.2 Å². The summed E-state index contributed by atoms with van der Waals surface area (Å²) < 4.78 is 1.65. The van der Waals surface area contributed by atoms with Gasteiger partial charge in [-0.05, 0) is 12.1 Å². The van der Waals surface area contributed by atoms with Gasteiger partial charge in [0, 0.05) is 18.5 Å². The Morgan fingerprint density at radius 3 is 2.62 bits per heavy atom. The summed E-state index contributed by atoms with van der Waals surface area (Å²) in [6, 6.07) is 9.77. The lowest BCUT2D eigenvalue weighted by Crippen LogP contribution is -2.02. The minimum Gasteiger partial charge on any atom is -0.287 e. The Labute approximate surface area is 82.6 Å². The van der Waals surface area contributed by atoms with Gasteiger partial charge in [-0.3, -0.25) is 9.36 Å². The van der Waals surface area contributed by atoms with E-state index in [2.05, 4.69) is 0 Å². The predicted octanol–water partition coefficient (Wildman–Crippen LogP) is 2.72. The maximum Gasteiger partial charge on any atom is 0.227 e. The highest BCUT2D eigenvalue weighted by molar-refractivity contribution is 5.91. The molecule has 0 saturated carbocycles. The second kappa shape index (κ2) is 3.62.